The average molecular weight is 373 g/mol. The Morgan fingerprint density at radius 3 is 2.70 bits per heavy atom. The lowest BCUT2D eigenvalue weighted by atomic mass is 9.72. The number of aliphatic hydroxyl groups is 1. The lowest BCUT2D eigenvalue weighted by Crippen LogP contribution is -2.58. The van der Waals surface area contributed by atoms with Gasteiger partial charge in [-0.1, -0.05) is 18.2 Å². The Kier molecular flexibility index (Phi) is 5.09. The van der Waals surface area contributed by atoms with Crippen molar-refractivity contribution in [2.24, 2.45) is 5.41 Å². The van der Waals surface area contributed by atoms with Crippen LogP contribution in [0.5, 0.6) is 0 Å². The number of piperidine rings is 1. The second kappa shape index (κ2) is 7.32. The number of aliphatic hydroxyl groups excluding tert-OH is 1. The van der Waals surface area contributed by atoms with Crippen LogP contribution in [0.2, 0.25) is 0 Å². The minimum Gasteiger partial charge on any atom is -0.481 e. The van der Waals surface area contributed by atoms with Gasteiger partial charge >= 0.3 is 5.97 Å². The Balaban J connectivity index is 1.91. The van der Waals surface area contributed by atoms with Gasteiger partial charge in [-0.25, -0.2) is 9.37 Å². The highest BCUT2D eigenvalue weighted by atomic mass is 19.1. The molecule has 2 aromatic rings. The number of aromatic nitrogens is 1. The van der Waals surface area contributed by atoms with Crippen molar-refractivity contribution in [1.82, 2.24) is 9.88 Å². The fraction of sp³-hybridized carbons (Fsp3) is 0.316. The third-order valence-electron chi connectivity index (χ3n) is 4.89. The molecule has 1 fully saturated rings. The first-order valence-electron chi connectivity index (χ1n) is 8.49. The summed E-state index contributed by atoms with van der Waals surface area (Å²) in [5.41, 5.74) is 4.52. The number of rotatable bonds is 4. The van der Waals surface area contributed by atoms with Crippen LogP contribution in [0, 0.1) is 11.2 Å². The van der Waals surface area contributed by atoms with Gasteiger partial charge in [-0.15, -0.1) is 0 Å². The van der Waals surface area contributed by atoms with Crippen LogP contribution >= 0.6 is 0 Å². The minimum atomic E-state index is -1.64. The molecule has 7 nitrogen and oxygen atoms in total. The molecule has 8 heteroatoms. The lowest BCUT2D eigenvalue weighted by Gasteiger charge is -2.43. The zero-order valence-corrected chi connectivity index (χ0v) is 14.5. The largest absolute Gasteiger partial charge is 0.481 e. The van der Waals surface area contributed by atoms with Crippen molar-refractivity contribution in [3.8, 4) is 0 Å². The number of pyridine rings is 1. The molecule has 0 bridgehead atoms. The van der Waals surface area contributed by atoms with E-state index >= 15 is 0 Å². The molecule has 27 heavy (non-hydrogen) atoms. The van der Waals surface area contributed by atoms with Crippen LogP contribution < -0.4 is 5.73 Å². The summed E-state index contributed by atoms with van der Waals surface area (Å²) in [4.78, 5) is 30.2. The van der Waals surface area contributed by atoms with Crippen molar-refractivity contribution in [3.05, 3.63) is 59.5 Å². The van der Waals surface area contributed by atoms with Gasteiger partial charge in [-0.3, -0.25) is 9.59 Å². The molecule has 0 spiro atoms. The summed E-state index contributed by atoms with van der Waals surface area (Å²) < 4.78 is 13.5. The number of nitrogens with two attached hydrogens (primary N) is 1. The number of carboxylic acids is 1. The number of hydrogen-bond acceptors (Lipinski definition) is 5. The molecule has 0 unspecified atom stereocenters. The molecule has 1 aliphatic rings. The number of hydrogen-bond donors (Lipinski definition) is 3. The van der Waals surface area contributed by atoms with Gasteiger partial charge in [-0.2, -0.15) is 0 Å². The van der Waals surface area contributed by atoms with Crippen LogP contribution in [-0.2, 0) is 11.2 Å². The quantitative estimate of drug-likeness (QED) is 0.744. The summed E-state index contributed by atoms with van der Waals surface area (Å²) in [6, 6.07) is 10.2. The van der Waals surface area contributed by atoms with Gasteiger partial charge in [0, 0.05) is 13.1 Å². The van der Waals surface area contributed by atoms with E-state index in [9.17, 15) is 24.2 Å². The summed E-state index contributed by atoms with van der Waals surface area (Å²) in [6.45, 7) is -0.0238. The third kappa shape index (κ3) is 3.75. The fourth-order valence-corrected chi connectivity index (χ4v) is 3.46. The van der Waals surface area contributed by atoms with Gasteiger partial charge in [0.25, 0.3) is 5.91 Å². The molecule has 1 aromatic heterocycles. The van der Waals surface area contributed by atoms with Crippen molar-refractivity contribution >= 4 is 17.7 Å². The number of carboxylic acid groups (broad SMARTS) is 1. The SMILES string of the molecule is Nc1cccc(C(=O)N2CC[C@@H](O)[C@](Cc3cccc(F)c3)(C(=O)O)C2)n1. The van der Waals surface area contributed by atoms with Gasteiger partial charge in [0.1, 0.15) is 22.7 Å². The van der Waals surface area contributed by atoms with Crippen molar-refractivity contribution in [2.45, 2.75) is 18.9 Å². The number of amides is 1. The predicted octanol–water partition coefficient (Wildman–Crippen LogP) is 1.32. The highest BCUT2D eigenvalue weighted by molar-refractivity contribution is 5.93. The van der Waals surface area contributed by atoms with E-state index in [4.69, 9.17) is 5.73 Å². The van der Waals surface area contributed by atoms with E-state index in [0.717, 1.165) is 0 Å². The van der Waals surface area contributed by atoms with Crippen LogP contribution in [0.25, 0.3) is 0 Å². The Morgan fingerprint density at radius 2 is 2.04 bits per heavy atom. The molecule has 142 valence electrons. The maximum Gasteiger partial charge on any atom is 0.314 e. The number of nitrogens with zero attached hydrogens (tertiary/aromatic N) is 2. The first kappa shape index (κ1) is 18.8. The standard InChI is InChI=1S/C19H20FN3O4/c20-13-4-1-3-12(9-13)10-19(18(26)27)11-23(8-7-15(19)24)17(25)14-5-2-6-16(21)22-14/h1-6,9,15,24H,7-8,10-11H2,(H2,21,22)(H,26,27)/t15-,19-/m1/s1. The smallest absolute Gasteiger partial charge is 0.314 e. The second-order valence-electron chi connectivity index (χ2n) is 6.75. The zero-order chi connectivity index (χ0) is 19.6. The molecular weight excluding hydrogens is 353 g/mol. The fourth-order valence-electron chi connectivity index (χ4n) is 3.46. The minimum absolute atomic E-state index is 0.0929. The third-order valence-corrected chi connectivity index (χ3v) is 4.89. The van der Waals surface area contributed by atoms with Gasteiger partial charge in [0.15, 0.2) is 0 Å². The zero-order valence-electron chi connectivity index (χ0n) is 14.5. The summed E-state index contributed by atoms with van der Waals surface area (Å²) in [5, 5.41) is 20.4. The lowest BCUT2D eigenvalue weighted by molar-refractivity contribution is -0.161. The van der Waals surface area contributed by atoms with E-state index < -0.39 is 29.2 Å². The molecule has 1 aromatic carbocycles. The molecular formula is C19H20FN3O4. The van der Waals surface area contributed by atoms with Crippen LogP contribution in [0.1, 0.15) is 22.5 Å². The summed E-state index contributed by atoms with van der Waals surface area (Å²) in [7, 11) is 0. The molecule has 2 heterocycles. The number of nitrogen functional groups attached to an aromatic ring is 1. The molecule has 1 aliphatic heterocycles. The number of anilines is 1. The van der Waals surface area contributed by atoms with E-state index in [0.29, 0.717) is 5.56 Å². The summed E-state index contributed by atoms with van der Waals surface area (Å²) in [5.74, 6) is -2.01. The number of carbonyl (C=O) groups excluding carboxylic acids is 1. The van der Waals surface area contributed by atoms with Crippen molar-refractivity contribution in [3.63, 3.8) is 0 Å². The monoisotopic (exact) mass is 373 g/mol. The Labute approximate surface area is 155 Å². The highest BCUT2D eigenvalue weighted by Gasteiger charge is 2.50. The Morgan fingerprint density at radius 1 is 1.30 bits per heavy atom. The average Bonchev–Trinajstić information content (AvgIpc) is 2.63. The molecule has 0 radical (unpaired) electrons. The van der Waals surface area contributed by atoms with Crippen molar-refractivity contribution < 1.29 is 24.2 Å². The van der Waals surface area contributed by atoms with Gasteiger partial charge < -0.3 is 20.8 Å². The molecule has 1 amide bonds. The normalized spacial score (nSPS) is 22.4. The van der Waals surface area contributed by atoms with Crippen LogP contribution in [0.15, 0.2) is 42.5 Å². The Bertz CT molecular complexity index is 876. The van der Waals surface area contributed by atoms with Crippen molar-refractivity contribution in [2.75, 3.05) is 18.8 Å². The number of aliphatic carboxylic acids is 1. The number of carbonyl (C=O) groups is 2. The van der Waals surface area contributed by atoms with Crippen LogP contribution in [-0.4, -0.2) is 51.2 Å². The van der Waals surface area contributed by atoms with Crippen LogP contribution in [0.3, 0.4) is 0 Å². The molecule has 4 N–H and O–H groups in total. The maximum absolute atomic E-state index is 13.5. The van der Waals surface area contributed by atoms with E-state index in [1.54, 1.807) is 18.2 Å². The van der Waals surface area contributed by atoms with Gasteiger partial charge in [0.05, 0.1) is 6.10 Å². The predicted molar refractivity (Wildman–Crippen MR) is 95.3 cm³/mol. The number of halogens is 1. The first-order valence-corrected chi connectivity index (χ1v) is 8.49. The molecule has 0 saturated carbocycles. The molecule has 1 saturated heterocycles. The van der Waals surface area contributed by atoms with Gasteiger partial charge in [-0.05, 0) is 42.7 Å². The van der Waals surface area contributed by atoms with E-state index in [1.807, 2.05) is 0 Å². The van der Waals surface area contributed by atoms with E-state index in [1.165, 1.54) is 29.2 Å². The van der Waals surface area contributed by atoms with Gasteiger partial charge in [0.2, 0.25) is 0 Å². The summed E-state index contributed by atoms with van der Waals surface area (Å²) >= 11 is 0. The highest BCUT2D eigenvalue weighted by Crippen LogP contribution is 2.35. The number of benzene rings is 1. The molecule has 0 aliphatic carbocycles. The van der Waals surface area contributed by atoms with Crippen LogP contribution in [0.4, 0.5) is 10.2 Å². The van der Waals surface area contributed by atoms with E-state index in [-0.39, 0.29) is 37.4 Å². The first-order chi connectivity index (χ1) is 12.8. The van der Waals surface area contributed by atoms with E-state index in [2.05, 4.69) is 4.98 Å². The Hall–Kier alpha value is -3.00. The van der Waals surface area contributed by atoms with Crippen molar-refractivity contribution in [1.29, 1.82) is 0 Å². The molecule has 3 rings (SSSR count). The number of likely N-dealkylation sites (tertiary alicyclic amines) is 1. The second-order valence-corrected chi connectivity index (χ2v) is 6.75. The maximum atomic E-state index is 13.5. The topological polar surface area (TPSA) is 117 Å². The molecule has 2 atom stereocenters. The summed E-state index contributed by atoms with van der Waals surface area (Å²) in [6.07, 6.45) is -1.18.